The molecule has 0 spiro atoms. The van der Waals surface area contributed by atoms with Crippen molar-refractivity contribution < 1.29 is 13.2 Å². The third kappa shape index (κ3) is 3.70. The van der Waals surface area contributed by atoms with E-state index in [9.17, 15) is 13.2 Å². The third-order valence-electron chi connectivity index (χ3n) is 2.88. The van der Waals surface area contributed by atoms with Gasteiger partial charge in [0.05, 0.1) is 5.56 Å². The lowest BCUT2D eigenvalue weighted by Gasteiger charge is -2.14. The SMILES string of the molecule is CSc1cccc(NCc2ccccc2C(F)(F)F)c1. The number of hydrogen-bond acceptors (Lipinski definition) is 2. The van der Waals surface area contributed by atoms with Gasteiger partial charge in [0, 0.05) is 17.1 Å². The van der Waals surface area contributed by atoms with Gasteiger partial charge in [0.25, 0.3) is 0 Å². The topological polar surface area (TPSA) is 12.0 Å². The van der Waals surface area contributed by atoms with E-state index >= 15 is 0 Å². The molecular weight excluding hydrogens is 283 g/mol. The molecule has 0 saturated carbocycles. The highest BCUT2D eigenvalue weighted by Crippen LogP contribution is 2.32. The molecule has 20 heavy (non-hydrogen) atoms. The van der Waals surface area contributed by atoms with Crippen LogP contribution < -0.4 is 5.32 Å². The van der Waals surface area contributed by atoms with Crippen LogP contribution in [0.1, 0.15) is 11.1 Å². The van der Waals surface area contributed by atoms with E-state index in [0.717, 1.165) is 16.6 Å². The second-order valence-electron chi connectivity index (χ2n) is 4.24. The highest BCUT2D eigenvalue weighted by molar-refractivity contribution is 7.98. The van der Waals surface area contributed by atoms with Crippen LogP contribution in [0, 0.1) is 0 Å². The maximum Gasteiger partial charge on any atom is 0.416 e. The Morgan fingerprint density at radius 3 is 2.50 bits per heavy atom. The number of halogens is 3. The second kappa shape index (κ2) is 6.22. The number of nitrogens with one attached hydrogen (secondary N) is 1. The van der Waals surface area contributed by atoms with Gasteiger partial charge in [0.2, 0.25) is 0 Å². The minimum atomic E-state index is -4.32. The van der Waals surface area contributed by atoms with Crippen molar-refractivity contribution in [2.45, 2.75) is 17.6 Å². The van der Waals surface area contributed by atoms with Crippen molar-refractivity contribution in [1.29, 1.82) is 0 Å². The lowest BCUT2D eigenvalue weighted by atomic mass is 10.1. The van der Waals surface area contributed by atoms with Crippen LogP contribution in [0.4, 0.5) is 18.9 Å². The fourth-order valence-electron chi connectivity index (χ4n) is 1.88. The van der Waals surface area contributed by atoms with Gasteiger partial charge in [0.15, 0.2) is 0 Å². The first-order chi connectivity index (χ1) is 9.50. The van der Waals surface area contributed by atoms with E-state index in [4.69, 9.17) is 0 Å². The van der Waals surface area contributed by atoms with Gasteiger partial charge in [-0.05, 0) is 36.1 Å². The lowest BCUT2D eigenvalue weighted by Crippen LogP contribution is -2.11. The van der Waals surface area contributed by atoms with E-state index in [0.29, 0.717) is 0 Å². The van der Waals surface area contributed by atoms with Crippen molar-refractivity contribution in [1.82, 2.24) is 0 Å². The molecule has 0 atom stereocenters. The van der Waals surface area contributed by atoms with Gasteiger partial charge in [-0.15, -0.1) is 11.8 Å². The minimum absolute atomic E-state index is 0.146. The first-order valence-electron chi connectivity index (χ1n) is 6.04. The molecule has 0 bridgehead atoms. The first kappa shape index (κ1) is 14.8. The zero-order valence-electron chi connectivity index (χ0n) is 10.9. The summed E-state index contributed by atoms with van der Waals surface area (Å²) in [7, 11) is 0. The summed E-state index contributed by atoms with van der Waals surface area (Å²) in [6, 6.07) is 13.2. The molecule has 0 aliphatic heterocycles. The molecule has 0 fully saturated rings. The maximum atomic E-state index is 12.9. The summed E-state index contributed by atoms with van der Waals surface area (Å²) in [5.74, 6) is 0. The highest BCUT2D eigenvalue weighted by atomic mass is 32.2. The molecule has 2 rings (SSSR count). The van der Waals surface area contributed by atoms with Crippen molar-refractivity contribution in [3.8, 4) is 0 Å². The molecule has 0 aliphatic rings. The Hall–Kier alpha value is -1.62. The predicted molar refractivity (Wildman–Crippen MR) is 77.0 cm³/mol. The summed E-state index contributed by atoms with van der Waals surface area (Å²) in [6.45, 7) is 0.146. The summed E-state index contributed by atoms with van der Waals surface area (Å²) >= 11 is 1.59. The van der Waals surface area contributed by atoms with Crippen molar-refractivity contribution in [2.24, 2.45) is 0 Å². The van der Waals surface area contributed by atoms with Gasteiger partial charge >= 0.3 is 6.18 Å². The molecule has 2 aromatic rings. The first-order valence-corrected chi connectivity index (χ1v) is 7.26. The Morgan fingerprint density at radius 1 is 1.05 bits per heavy atom. The van der Waals surface area contributed by atoms with E-state index in [-0.39, 0.29) is 12.1 Å². The molecule has 106 valence electrons. The monoisotopic (exact) mass is 297 g/mol. The van der Waals surface area contributed by atoms with E-state index in [2.05, 4.69) is 5.32 Å². The fraction of sp³-hybridized carbons (Fsp3) is 0.200. The number of thioether (sulfide) groups is 1. The smallest absolute Gasteiger partial charge is 0.381 e. The van der Waals surface area contributed by atoms with E-state index in [1.807, 2.05) is 30.5 Å². The van der Waals surface area contributed by atoms with Crippen LogP contribution in [-0.4, -0.2) is 6.26 Å². The van der Waals surface area contributed by atoms with E-state index < -0.39 is 11.7 Å². The molecule has 5 heteroatoms. The molecule has 1 N–H and O–H groups in total. The van der Waals surface area contributed by atoms with E-state index in [1.54, 1.807) is 17.8 Å². The van der Waals surface area contributed by atoms with Crippen molar-refractivity contribution in [3.05, 3.63) is 59.7 Å². The predicted octanol–water partition coefficient (Wildman–Crippen LogP) is 5.04. The van der Waals surface area contributed by atoms with Crippen LogP contribution in [0.5, 0.6) is 0 Å². The third-order valence-corrected chi connectivity index (χ3v) is 3.60. The summed E-state index contributed by atoms with van der Waals surface area (Å²) in [4.78, 5) is 1.07. The summed E-state index contributed by atoms with van der Waals surface area (Å²) in [5.41, 5.74) is 0.469. The van der Waals surface area contributed by atoms with Gasteiger partial charge in [0.1, 0.15) is 0 Å². The van der Waals surface area contributed by atoms with Crippen LogP contribution in [0.2, 0.25) is 0 Å². The molecule has 0 radical (unpaired) electrons. The fourth-order valence-corrected chi connectivity index (χ4v) is 2.34. The largest absolute Gasteiger partial charge is 0.416 e. The van der Waals surface area contributed by atoms with Gasteiger partial charge in [-0.2, -0.15) is 13.2 Å². The number of hydrogen-bond donors (Lipinski definition) is 1. The van der Waals surface area contributed by atoms with Crippen LogP contribution in [0.3, 0.4) is 0 Å². The maximum absolute atomic E-state index is 12.9. The van der Waals surface area contributed by atoms with Gasteiger partial charge in [-0.1, -0.05) is 24.3 Å². The molecule has 0 amide bonds. The van der Waals surface area contributed by atoms with Crippen LogP contribution >= 0.6 is 11.8 Å². The molecular formula is C15H14F3NS. The molecule has 0 aromatic heterocycles. The number of alkyl halides is 3. The molecule has 0 aliphatic carbocycles. The van der Waals surface area contributed by atoms with Crippen molar-refractivity contribution in [2.75, 3.05) is 11.6 Å². The molecule has 0 heterocycles. The van der Waals surface area contributed by atoms with Crippen molar-refractivity contribution >= 4 is 17.4 Å². The Kier molecular flexibility index (Phi) is 4.60. The Bertz CT molecular complexity index is 581. The Balaban J connectivity index is 2.15. The quantitative estimate of drug-likeness (QED) is 0.793. The minimum Gasteiger partial charge on any atom is -0.381 e. The standard InChI is InChI=1S/C15H14F3NS/c1-20-13-7-4-6-12(9-13)19-10-11-5-2-3-8-14(11)15(16,17)18/h2-9,19H,10H2,1H3. The van der Waals surface area contributed by atoms with Crippen molar-refractivity contribution in [3.63, 3.8) is 0 Å². The molecule has 1 nitrogen and oxygen atoms in total. The molecule has 2 aromatic carbocycles. The normalized spacial score (nSPS) is 11.4. The van der Waals surface area contributed by atoms with Crippen LogP contribution in [-0.2, 0) is 12.7 Å². The number of benzene rings is 2. The van der Waals surface area contributed by atoms with Crippen LogP contribution in [0.25, 0.3) is 0 Å². The summed E-state index contributed by atoms with van der Waals surface area (Å²) in [5, 5.41) is 3.03. The Labute approximate surface area is 120 Å². The lowest BCUT2D eigenvalue weighted by molar-refractivity contribution is -0.138. The average Bonchev–Trinajstić information content (AvgIpc) is 2.44. The van der Waals surface area contributed by atoms with Gasteiger partial charge in [-0.25, -0.2) is 0 Å². The zero-order chi connectivity index (χ0) is 14.6. The van der Waals surface area contributed by atoms with Gasteiger partial charge < -0.3 is 5.32 Å². The highest BCUT2D eigenvalue weighted by Gasteiger charge is 2.32. The van der Waals surface area contributed by atoms with E-state index in [1.165, 1.54) is 12.1 Å². The second-order valence-corrected chi connectivity index (χ2v) is 5.12. The van der Waals surface area contributed by atoms with Crippen LogP contribution in [0.15, 0.2) is 53.4 Å². The average molecular weight is 297 g/mol. The van der Waals surface area contributed by atoms with Gasteiger partial charge in [-0.3, -0.25) is 0 Å². The summed E-state index contributed by atoms with van der Waals surface area (Å²) in [6.07, 6.45) is -2.36. The Morgan fingerprint density at radius 2 is 1.80 bits per heavy atom. The molecule has 0 unspecified atom stereocenters. The number of rotatable bonds is 4. The number of anilines is 1. The molecule has 0 saturated heterocycles. The zero-order valence-corrected chi connectivity index (χ0v) is 11.7. The summed E-state index contributed by atoms with van der Waals surface area (Å²) < 4.78 is 38.6.